The molecule has 0 aliphatic rings. The SMILES string of the molecule is NNCCO.NNCCO. The van der Waals surface area contributed by atoms with Crippen molar-refractivity contribution in [1.29, 1.82) is 0 Å². The van der Waals surface area contributed by atoms with Gasteiger partial charge in [-0.2, -0.15) is 0 Å². The van der Waals surface area contributed by atoms with Gasteiger partial charge in [0.2, 0.25) is 0 Å². The van der Waals surface area contributed by atoms with Crippen LogP contribution < -0.4 is 22.5 Å². The van der Waals surface area contributed by atoms with Crippen LogP contribution in [0.3, 0.4) is 0 Å². The summed E-state index contributed by atoms with van der Waals surface area (Å²) >= 11 is 0. The van der Waals surface area contributed by atoms with E-state index >= 15 is 0 Å². The number of nitrogens with two attached hydrogens (primary N) is 2. The minimum absolute atomic E-state index is 0.108. The van der Waals surface area contributed by atoms with Crippen molar-refractivity contribution in [3.8, 4) is 0 Å². The standard InChI is InChI=1S/2C2H8N2O/c2*3-4-1-2-5/h2*4-5H,1-3H2. The Bertz CT molecular complexity index is 36.2. The third-order valence-corrected chi connectivity index (χ3v) is 0.512. The van der Waals surface area contributed by atoms with E-state index in [2.05, 4.69) is 10.9 Å². The fraction of sp³-hybridized carbons (Fsp3) is 1.00. The van der Waals surface area contributed by atoms with Crippen LogP contribution in [0.4, 0.5) is 0 Å². The average Bonchev–Trinajstić information content (AvgIpc) is 1.93. The van der Waals surface area contributed by atoms with Crippen LogP contribution in [-0.4, -0.2) is 36.5 Å². The smallest absolute Gasteiger partial charge is 0.0569 e. The molecule has 0 saturated heterocycles. The van der Waals surface area contributed by atoms with Crippen molar-refractivity contribution in [3.05, 3.63) is 0 Å². The van der Waals surface area contributed by atoms with E-state index in [0.29, 0.717) is 13.1 Å². The molecule has 0 fully saturated rings. The van der Waals surface area contributed by atoms with Crippen molar-refractivity contribution in [1.82, 2.24) is 10.9 Å². The molecule has 0 heterocycles. The van der Waals surface area contributed by atoms with E-state index in [1.807, 2.05) is 0 Å². The normalized spacial score (nSPS) is 8.40. The zero-order valence-electron chi connectivity index (χ0n) is 5.88. The van der Waals surface area contributed by atoms with Crippen LogP contribution in [0.2, 0.25) is 0 Å². The number of hydrogen-bond acceptors (Lipinski definition) is 6. The monoisotopic (exact) mass is 152 g/mol. The molecule has 0 spiro atoms. The van der Waals surface area contributed by atoms with E-state index in [4.69, 9.17) is 21.9 Å². The highest BCUT2D eigenvalue weighted by Crippen LogP contribution is 1.40. The minimum Gasteiger partial charge on any atom is -0.395 e. The maximum absolute atomic E-state index is 7.92. The Morgan fingerprint density at radius 2 is 1.20 bits per heavy atom. The molecule has 8 N–H and O–H groups in total. The molecule has 6 heteroatoms. The molecule has 64 valence electrons. The van der Waals surface area contributed by atoms with Gasteiger partial charge in [-0.05, 0) is 0 Å². The average molecular weight is 152 g/mol. The highest BCUT2D eigenvalue weighted by atomic mass is 16.3. The van der Waals surface area contributed by atoms with Crippen LogP contribution in [0.25, 0.3) is 0 Å². The van der Waals surface area contributed by atoms with Crippen molar-refractivity contribution in [3.63, 3.8) is 0 Å². The molecule has 0 aromatic heterocycles. The first kappa shape index (κ1) is 12.4. The lowest BCUT2D eigenvalue weighted by Crippen LogP contribution is -2.24. The fourth-order valence-electron chi connectivity index (χ4n) is 0.129. The zero-order chi connectivity index (χ0) is 8.24. The summed E-state index contributed by atoms with van der Waals surface area (Å²) in [5, 5.41) is 15.8. The molecule has 0 aromatic carbocycles. The molecule has 0 aromatic rings. The van der Waals surface area contributed by atoms with Crippen LogP contribution in [0.1, 0.15) is 0 Å². The molecule has 0 saturated carbocycles. The second kappa shape index (κ2) is 15.9. The first-order chi connectivity index (χ1) is 4.83. The van der Waals surface area contributed by atoms with E-state index in [-0.39, 0.29) is 13.2 Å². The predicted octanol–water partition coefficient (Wildman–Crippen LogP) is -3.12. The van der Waals surface area contributed by atoms with E-state index < -0.39 is 0 Å². The molecule has 0 aliphatic heterocycles. The van der Waals surface area contributed by atoms with Crippen molar-refractivity contribution >= 4 is 0 Å². The molecular formula is C4H16N4O2. The Kier molecular flexibility index (Phi) is 19.8. The van der Waals surface area contributed by atoms with Crippen LogP contribution >= 0.6 is 0 Å². The summed E-state index contributed by atoms with van der Waals surface area (Å²) in [6.45, 7) is 1.16. The Morgan fingerprint density at radius 1 is 0.900 bits per heavy atom. The summed E-state index contributed by atoms with van der Waals surface area (Å²) in [4.78, 5) is 0. The molecule has 0 bridgehead atoms. The summed E-state index contributed by atoms with van der Waals surface area (Å²) in [5.74, 6) is 9.46. The van der Waals surface area contributed by atoms with Gasteiger partial charge in [-0.3, -0.25) is 22.5 Å². The molecule has 0 radical (unpaired) electrons. The van der Waals surface area contributed by atoms with Crippen molar-refractivity contribution in [2.24, 2.45) is 11.7 Å². The van der Waals surface area contributed by atoms with Gasteiger partial charge in [0, 0.05) is 13.1 Å². The van der Waals surface area contributed by atoms with Gasteiger partial charge in [0.1, 0.15) is 0 Å². The first-order valence-electron chi connectivity index (χ1n) is 2.92. The molecule has 0 atom stereocenters. The summed E-state index contributed by atoms with van der Waals surface area (Å²) in [6.07, 6.45) is 0. The number of aliphatic hydroxyl groups is 2. The van der Waals surface area contributed by atoms with Gasteiger partial charge >= 0.3 is 0 Å². The molecular weight excluding hydrogens is 136 g/mol. The van der Waals surface area contributed by atoms with Crippen molar-refractivity contribution < 1.29 is 10.2 Å². The van der Waals surface area contributed by atoms with Gasteiger partial charge in [0.05, 0.1) is 13.2 Å². The maximum Gasteiger partial charge on any atom is 0.0569 e. The minimum atomic E-state index is 0.108. The lowest BCUT2D eigenvalue weighted by atomic mass is 10.7. The summed E-state index contributed by atoms with van der Waals surface area (Å²) in [7, 11) is 0. The Morgan fingerprint density at radius 3 is 1.20 bits per heavy atom. The van der Waals surface area contributed by atoms with Gasteiger partial charge in [-0.1, -0.05) is 0 Å². The molecule has 0 amide bonds. The van der Waals surface area contributed by atoms with Gasteiger partial charge in [-0.25, -0.2) is 0 Å². The lowest BCUT2D eigenvalue weighted by molar-refractivity contribution is 0.293. The number of hydrogen-bond donors (Lipinski definition) is 6. The van der Waals surface area contributed by atoms with E-state index in [1.54, 1.807) is 0 Å². The maximum atomic E-state index is 7.92. The fourth-order valence-corrected chi connectivity index (χ4v) is 0.129. The lowest BCUT2D eigenvalue weighted by Gasteiger charge is -1.84. The van der Waals surface area contributed by atoms with Gasteiger partial charge in [0.25, 0.3) is 0 Å². The summed E-state index contributed by atoms with van der Waals surface area (Å²) < 4.78 is 0. The molecule has 0 unspecified atom stereocenters. The van der Waals surface area contributed by atoms with Crippen LogP contribution in [0.5, 0.6) is 0 Å². The largest absolute Gasteiger partial charge is 0.395 e. The van der Waals surface area contributed by atoms with Gasteiger partial charge < -0.3 is 10.2 Å². The molecule has 10 heavy (non-hydrogen) atoms. The van der Waals surface area contributed by atoms with E-state index in [9.17, 15) is 0 Å². The van der Waals surface area contributed by atoms with Crippen molar-refractivity contribution in [2.75, 3.05) is 26.3 Å². The third kappa shape index (κ3) is 25.1. The topological polar surface area (TPSA) is 117 Å². The van der Waals surface area contributed by atoms with E-state index in [1.165, 1.54) is 0 Å². The Balaban J connectivity index is 0. The second-order valence-corrected chi connectivity index (χ2v) is 1.36. The van der Waals surface area contributed by atoms with Gasteiger partial charge in [0.15, 0.2) is 0 Å². The quantitative estimate of drug-likeness (QED) is 0.187. The third-order valence-electron chi connectivity index (χ3n) is 0.512. The Hall–Kier alpha value is -0.240. The predicted molar refractivity (Wildman–Crippen MR) is 38.6 cm³/mol. The molecule has 6 nitrogen and oxygen atoms in total. The summed E-state index contributed by atoms with van der Waals surface area (Å²) in [5.41, 5.74) is 4.53. The highest BCUT2D eigenvalue weighted by molar-refractivity contribution is 4.24. The first-order valence-corrected chi connectivity index (χ1v) is 2.92. The molecule has 0 rings (SSSR count). The Labute approximate surface area is 60.1 Å². The number of rotatable bonds is 4. The number of aliphatic hydroxyl groups excluding tert-OH is 2. The number of hydrazine groups is 2. The van der Waals surface area contributed by atoms with Crippen molar-refractivity contribution in [2.45, 2.75) is 0 Å². The van der Waals surface area contributed by atoms with Crippen LogP contribution in [-0.2, 0) is 0 Å². The summed E-state index contributed by atoms with van der Waals surface area (Å²) in [6, 6.07) is 0. The highest BCUT2D eigenvalue weighted by Gasteiger charge is 1.66. The van der Waals surface area contributed by atoms with E-state index in [0.717, 1.165) is 0 Å². The van der Waals surface area contributed by atoms with Gasteiger partial charge in [-0.15, -0.1) is 0 Å². The zero-order valence-corrected chi connectivity index (χ0v) is 5.88. The molecule has 0 aliphatic carbocycles. The second-order valence-electron chi connectivity index (χ2n) is 1.36. The number of nitrogens with one attached hydrogen (secondary N) is 2. The van der Waals surface area contributed by atoms with Crippen LogP contribution in [0, 0.1) is 0 Å². The van der Waals surface area contributed by atoms with Crippen LogP contribution in [0.15, 0.2) is 0 Å².